The van der Waals surface area contributed by atoms with Gasteiger partial charge in [0.15, 0.2) is 5.78 Å². The Morgan fingerprint density at radius 2 is 1.95 bits per heavy atom. The van der Waals surface area contributed by atoms with Crippen LogP contribution in [0, 0.1) is 0 Å². The number of amides is 1. The second-order valence-corrected chi connectivity index (χ2v) is 4.39. The van der Waals surface area contributed by atoms with E-state index in [1.54, 1.807) is 31.3 Å². The van der Waals surface area contributed by atoms with Crippen LogP contribution in [0.25, 0.3) is 0 Å². The Morgan fingerprint density at radius 3 is 2.65 bits per heavy atom. The van der Waals surface area contributed by atoms with Crippen LogP contribution in [0.1, 0.15) is 23.7 Å². The molecule has 1 heterocycles. The molecule has 1 aromatic carbocycles. The highest BCUT2D eigenvalue weighted by atomic mass is 16.6. The zero-order chi connectivity index (χ0) is 14.4. The quantitative estimate of drug-likeness (QED) is 0.790. The van der Waals surface area contributed by atoms with E-state index in [-0.39, 0.29) is 18.2 Å². The highest BCUT2D eigenvalue weighted by Crippen LogP contribution is 2.16. The fourth-order valence-corrected chi connectivity index (χ4v) is 2.03. The van der Waals surface area contributed by atoms with Crippen molar-refractivity contribution in [3.05, 3.63) is 60.3 Å². The molecule has 0 bridgehead atoms. The van der Waals surface area contributed by atoms with Gasteiger partial charge in [0, 0.05) is 18.2 Å². The number of benzene rings is 1. The molecule has 1 aromatic rings. The topological polar surface area (TPSA) is 46.6 Å². The van der Waals surface area contributed by atoms with Crippen LogP contribution in [0.4, 0.5) is 4.79 Å². The summed E-state index contributed by atoms with van der Waals surface area (Å²) in [4.78, 5) is 25.5. The van der Waals surface area contributed by atoms with Gasteiger partial charge in [0.2, 0.25) is 0 Å². The second-order valence-electron chi connectivity index (χ2n) is 4.39. The number of allylic oxidation sites excluding steroid dienone is 2. The normalized spacial score (nSPS) is 17.1. The van der Waals surface area contributed by atoms with Crippen LogP contribution >= 0.6 is 0 Å². The number of nitrogens with zero attached hydrogens (tertiary/aromatic N) is 1. The van der Waals surface area contributed by atoms with E-state index in [1.165, 1.54) is 4.90 Å². The largest absolute Gasteiger partial charge is 0.449 e. The second kappa shape index (κ2) is 6.70. The molecule has 1 aliphatic rings. The average molecular weight is 271 g/mol. The standard InChI is InChI=1S/C16H17NO3/c1-2-20-16(19)17-11-7-6-10-14(17)12-15(18)13-8-4-3-5-9-13/h3-11,14H,2,12H2,1H3. The van der Waals surface area contributed by atoms with Crippen LogP contribution in [-0.2, 0) is 4.74 Å². The van der Waals surface area contributed by atoms with Crippen molar-refractivity contribution in [2.45, 2.75) is 19.4 Å². The molecule has 1 aliphatic heterocycles. The summed E-state index contributed by atoms with van der Waals surface area (Å²) in [5.74, 6) is 0.00449. The smallest absolute Gasteiger partial charge is 0.414 e. The number of carbonyl (C=O) groups excluding carboxylic acids is 2. The molecule has 1 amide bonds. The minimum absolute atomic E-state index is 0.00449. The summed E-state index contributed by atoms with van der Waals surface area (Å²) >= 11 is 0. The molecule has 20 heavy (non-hydrogen) atoms. The summed E-state index contributed by atoms with van der Waals surface area (Å²) in [7, 11) is 0. The van der Waals surface area contributed by atoms with E-state index in [9.17, 15) is 9.59 Å². The van der Waals surface area contributed by atoms with Crippen LogP contribution in [0.2, 0.25) is 0 Å². The molecule has 0 radical (unpaired) electrons. The van der Waals surface area contributed by atoms with Crippen molar-refractivity contribution in [1.29, 1.82) is 0 Å². The van der Waals surface area contributed by atoms with Crippen LogP contribution in [0.5, 0.6) is 0 Å². The lowest BCUT2D eigenvalue weighted by atomic mass is 10.0. The maximum atomic E-state index is 12.2. The van der Waals surface area contributed by atoms with Crippen LogP contribution in [0.3, 0.4) is 0 Å². The number of hydrogen-bond acceptors (Lipinski definition) is 3. The lowest BCUT2D eigenvalue weighted by molar-refractivity contribution is 0.0926. The first kappa shape index (κ1) is 14.1. The monoisotopic (exact) mass is 271 g/mol. The van der Waals surface area contributed by atoms with E-state index in [4.69, 9.17) is 4.74 Å². The van der Waals surface area contributed by atoms with Gasteiger partial charge in [-0.2, -0.15) is 0 Å². The minimum Gasteiger partial charge on any atom is -0.449 e. The molecular formula is C16H17NO3. The van der Waals surface area contributed by atoms with Crippen molar-refractivity contribution in [1.82, 2.24) is 4.90 Å². The van der Waals surface area contributed by atoms with Crippen molar-refractivity contribution in [2.24, 2.45) is 0 Å². The number of ketones is 1. The van der Waals surface area contributed by atoms with Gasteiger partial charge in [-0.25, -0.2) is 4.79 Å². The number of Topliss-reactive ketones (excluding diaryl/α,β-unsaturated/α-hetero) is 1. The zero-order valence-electron chi connectivity index (χ0n) is 11.4. The Hall–Kier alpha value is -2.36. The molecule has 1 atom stereocenters. The van der Waals surface area contributed by atoms with E-state index in [2.05, 4.69) is 0 Å². The first-order chi connectivity index (χ1) is 9.72. The predicted molar refractivity (Wildman–Crippen MR) is 76.3 cm³/mol. The van der Waals surface area contributed by atoms with Gasteiger partial charge in [0.1, 0.15) is 0 Å². The molecule has 4 nitrogen and oxygen atoms in total. The Balaban J connectivity index is 2.07. The molecule has 0 saturated carbocycles. The van der Waals surface area contributed by atoms with Gasteiger partial charge >= 0.3 is 6.09 Å². The molecule has 0 spiro atoms. The first-order valence-electron chi connectivity index (χ1n) is 6.60. The molecule has 0 N–H and O–H groups in total. The summed E-state index contributed by atoms with van der Waals surface area (Å²) in [6, 6.07) is 8.77. The molecule has 1 unspecified atom stereocenters. The van der Waals surface area contributed by atoms with Gasteiger partial charge in [-0.05, 0) is 13.0 Å². The maximum Gasteiger partial charge on any atom is 0.414 e. The third kappa shape index (κ3) is 3.35. The Kier molecular flexibility index (Phi) is 4.71. The average Bonchev–Trinajstić information content (AvgIpc) is 2.49. The van der Waals surface area contributed by atoms with Crippen LogP contribution < -0.4 is 0 Å². The van der Waals surface area contributed by atoms with Gasteiger partial charge in [-0.1, -0.05) is 42.5 Å². The molecule has 0 fully saturated rings. The molecular weight excluding hydrogens is 254 g/mol. The van der Waals surface area contributed by atoms with E-state index in [1.807, 2.05) is 30.4 Å². The number of carbonyl (C=O) groups is 2. The van der Waals surface area contributed by atoms with Gasteiger partial charge < -0.3 is 4.74 Å². The van der Waals surface area contributed by atoms with Crippen LogP contribution in [0.15, 0.2) is 54.8 Å². The highest BCUT2D eigenvalue weighted by Gasteiger charge is 2.24. The molecule has 104 valence electrons. The van der Waals surface area contributed by atoms with E-state index in [0.29, 0.717) is 12.2 Å². The van der Waals surface area contributed by atoms with Crippen LogP contribution in [-0.4, -0.2) is 29.4 Å². The number of hydrogen-bond donors (Lipinski definition) is 0. The summed E-state index contributed by atoms with van der Waals surface area (Å²) in [6.45, 7) is 2.07. The molecule has 0 aliphatic carbocycles. The Labute approximate surface area is 118 Å². The summed E-state index contributed by atoms with van der Waals surface area (Å²) in [6.07, 6.45) is 6.86. The first-order valence-corrected chi connectivity index (χ1v) is 6.60. The van der Waals surface area contributed by atoms with Gasteiger partial charge in [-0.15, -0.1) is 0 Å². The van der Waals surface area contributed by atoms with Gasteiger partial charge in [0.25, 0.3) is 0 Å². The third-order valence-electron chi connectivity index (χ3n) is 3.02. The van der Waals surface area contributed by atoms with Crippen molar-refractivity contribution >= 4 is 11.9 Å². The fourth-order valence-electron chi connectivity index (χ4n) is 2.03. The van der Waals surface area contributed by atoms with Crippen molar-refractivity contribution in [2.75, 3.05) is 6.61 Å². The lowest BCUT2D eigenvalue weighted by Gasteiger charge is -2.27. The van der Waals surface area contributed by atoms with E-state index < -0.39 is 6.09 Å². The van der Waals surface area contributed by atoms with E-state index >= 15 is 0 Å². The number of rotatable bonds is 4. The van der Waals surface area contributed by atoms with Crippen molar-refractivity contribution in [3.8, 4) is 0 Å². The van der Waals surface area contributed by atoms with E-state index in [0.717, 1.165) is 0 Å². The van der Waals surface area contributed by atoms with Crippen molar-refractivity contribution < 1.29 is 14.3 Å². The fraction of sp³-hybridized carbons (Fsp3) is 0.250. The zero-order valence-corrected chi connectivity index (χ0v) is 11.4. The number of ether oxygens (including phenoxy) is 1. The summed E-state index contributed by atoms with van der Waals surface area (Å²) in [5, 5.41) is 0. The maximum absolute atomic E-state index is 12.2. The summed E-state index contributed by atoms with van der Waals surface area (Å²) in [5.41, 5.74) is 0.652. The Bertz CT molecular complexity index is 534. The highest BCUT2D eigenvalue weighted by molar-refractivity contribution is 5.96. The summed E-state index contributed by atoms with van der Waals surface area (Å²) < 4.78 is 4.99. The van der Waals surface area contributed by atoms with Crippen molar-refractivity contribution in [3.63, 3.8) is 0 Å². The molecule has 0 aromatic heterocycles. The molecule has 0 saturated heterocycles. The molecule has 4 heteroatoms. The molecule has 2 rings (SSSR count). The predicted octanol–water partition coefficient (Wildman–Crippen LogP) is 3.17. The third-order valence-corrected chi connectivity index (χ3v) is 3.02. The van der Waals surface area contributed by atoms with Gasteiger partial charge in [0.05, 0.1) is 12.6 Å². The lowest BCUT2D eigenvalue weighted by Crippen LogP contribution is -2.37. The SMILES string of the molecule is CCOC(=O)N1C=CC=CC1CC(=O)c1ccccc1. The Morgan fingerprint density at radius 1 is 1.20 bits per heavy atom. The minimum atomic E-state index is -0.432. The van der Waals surface area contributed by atoms with Gasteiger partial charge in [-0.3, -0.25) is 9.69 Å².